The van der Waals surface area contributed by atoms with Crippen LogP contribution in [0.5, 0.6) is 0 Å². The molecule has 1 saturated heterocycles. The van der Waals surface area contributed by atoms with Crippen molar-refractivity contribution < 1.29 is 4.74 Å². The lowest BCUT2D eigenvalue weighted by molar-refractivity contribution is -0.0991. The van der Waals surface area contributed by atoms with Gasteiger partial charge >= 0.3 is 0 Å². The molecule has 0 aliphatic carbocycles. The first-order chi connectivity index (χ1) is 7.59. The van der Waals surface area contributed by atoms with E-state index in [1.165, 1.54) is 5.56 Å². The molecule has 1 N–H and O–H groups in total. The van der Waals surface area contributed by atoms with Crippen LogP contribution in [0.25, 0.3) is 0 Å². The largest absolute Gasteiger partial charge is 0.380 e. The highest BCUT2D eigenvalue weighted by Crippen LogP contribution is 2.25. The molecule has 1 heterocycles. The second-order valence-corrected chi connectivity index (χ2v) is 5.40. The fourth-order valence-electron chi connectivity index (χ4n) is 1.88. The molecule has 0 saturated carbocycles. The van der Waals surface area contributed by atoms with Crippen molar-refractivity contribution in [3.05, 3.63) is 34.3 Å². The molecule has 0 radical (unpaired) electrons. The average Bonchev–Trinajstić information content (AvgIpc) is 2.21. The Balaban J connectivity index is 1.83. The van der Waals surface area contributed by atoms with Gasteiger partial charge in [-0.2, -0.15) is 0 Å². The minimum Gasteiger partial charge on any atom is -0.380 e. The highest BCUT2D eigenvalue weighted by Gasteiger charge is 2.32. The highest BCUT2D eigenvalue weighted by atomic mass is 35.5. The van der Waals surface area contributed by atoms with E-state index in [1.807, 2.05) is 13.0 Å². The zero-order valence-corrected chi connectivity index (χ0v) is 10.6. The maximum atomic E-state index is 5.98. The maximum Gasteiger partial charge on any atom is 0.0554 e. The lowest BCUT2D eigenvalue weighted by Crippen LogP contribution is -2.47. The van der Waals surface area contributed by atoms with Crippen molar-refractivity contribution in [2.24, 2.45) is 5.41 Å². The van der Waals surface area contributed by atoms with Crippen LogP contribution in [0.2, 0.25) is 5.02 Å². The molecule has 3 heteroatoms. The third-order valence-corrected chi connectivity index (χ3v) is 3.43. The zero-order valence-electron chi connectivity index (χ0n) is 9.85. The molecular formula is C13H18ClNO. The van der Waals surface area contributed by atoms with Crippen LogP contribution < -0.4 is 5.32 Å². The Kier molecular flexibility index (Phi) is 3.53. The monoisotopic (exact) mass is 239 g/mol. The molecule has 1 fully saturated rings. The molecule has 2 nitrogen and oxygen atoms in total. The van der Waals surface area contributed by atoms with E-state index in [4.69, 9.17) is 16.3 Å². The first-order valence-electron chi connectivity index (χ1n) is 5.63. The van der Waals surface area contributed by atoms with Crippen molar-refractivity contribution in [2.75, 3.05) is 19.8 Å². The number of halogens is 1. The number of rotatable bonds is 4. The number of aryl methyl sites for hydroxylation is 1. The first-order valence-corrected chi connectivity index (χ1v) is 6.00. The van der Waals surface area contributed by atoms with E-state index in [0.717, 1.165) is 36.9 Å². The van der Waals surface area contributed by atoms with Gasteiger partial charge in [-0.15, -0.1) is 0 Å². The van der Waals surface area contributed by atoms with Crippen LogP contribution in [0, 0.1) is 12.3 Å². The zero-order chi connectivity index (χ0) is 11.6. The minimum atomic E-state index is 0.335. The summed E-state index contributed by atoms with van der Waals surface area (Å²) in [6, 6.07) is 6.17. The van der Waals surface area contributed by atoms with Crippen LogP contribution in [0.15, 0.2) is 18.2 Å². The van der Waals surface area contributed by atoms with Crippen molar-refractivity contribution in [1.82, 2.24) is 5.32 Å². The second kappa shape index (κ2) is 4.74. The first kappa shape index (κ1) is 11.9. The molecule has 0 amide bonds. The van der Waals surface area contributed by atoms with Gasteiger partial charge in [-0.05, 0) is 24.1 Å². The molecule has 0 unspecified atom stereocenters. The van der Waals surface area contributed by atoms with E-state index in [1.54, 1.807) is 0 Å². The number of hydrogen-bond donors (Lipinski definition) is 1. The normalized spacial score (nSPS) is 18.2. The van der Waals surface area contributed by atoms with Gasteiger partial charge in [0, 0.05) is 23.5 Å². The summed E-state index contributed by atoms with van der Waals surface area (Å²) in [5.41, 5.74) is 2.76. The third-order valence-electron chi connectivity index (χ3n) is 3.00. The molecule has 0 bridgehead atoms. The molecule has 1 aromatic rings. The van der Waals surface area contributed by atoms with Crippen LogP contribution in [0.4, 0.5) is 0 Å². The molecule has 16 heavy (non-hydrogen) atoms. The second-order valence-electron chi connectivity index (χ2n) is 4.99. The standard InChI is InChI=1S/C13H18ClNO/c1-10-5-11(3-4-12(10)14)6-15-7-13(2)8-16-9-13/h3-5,15H,6-9H2,1-2H3. The Labute approximate surface area is 102 Å². The quantitative estimate of drug-likeness (QED) is 0.873. The number of ether oxygens (including phenoxy) is 1. The Morgan fingerprint density at radius 1 is 1.44 bits per heavy atom. The van der Waals surface area contributed by atoms with Crippen molar-refractivity contribution in [3.8, 4) is 0 Å². The predicted molar refractivity (Wildman–Crippen MR) is 66.8 cm³/mol. The molecule has 0 atom stereocenters. The fourth-order valence-corrected chi connectivity index (χ4v) is 2.00. The Morgan fingerprint density at radius 2 is 2.19 bits per heavy atom. The Morgan fingerprint density at radius 3 is 2.75 bits per heavy atom. The van der Waals surface area contributed by atoms with E-state index in [2.05, 4.69) is 24.4 Å². The van der Waals surface area contributed by atoms with E-state index in [0.29, 0.717) is 5.41 Å². The van der Waals surface area contributed by atoms with Gasteiger partial charge in [0.05, 0.1) is 13.2 Å². The van der Waals surface area contributed by atoms with Gasteiger partial charge in [-0.25, -0.2) is 0 Å². The van der Waals surface area contributed by atoms with Gasteiger partial charge in [0.1, 0.15) is 0 Å². The van der Waals surface area contributed by atoms with Crippen LogP contribution >= 0.6 is 11.6 Å². The minimum absolute atomic E-state index is 0.335. The molecular weight excluding hydrogens is 222 g/mol. The number of hydrogen-bond acceptors (Lipinski definition) is 2. The van der Waals surface area contributed by atoms with Gasteiger partial charge in [-0.1, -0.05) is 30.7 Å². The van der Waals surface area contributed by atoms with Crippen LogP contribution in [0.1, 0.15) is 18.1 Å². The van der Waals surface area contributed by atoms with E-state index >= 15 is 0 Å². The maximum absolute atomic E-state index is 5.98. The van der Waals surface area contributed by atoms with Gasteiger partial charge in [-0.3, -0.25) is 0 Å². The summed E-state index contributed by atoms with van der Waals surface area (Å²) in [7, 11) is 0. The van der Waals surface area contributed by atoms with Crippen LogP contribution in [0.3, 0.4) is 0 Å². The summed E-state index contributed by atoms with van der Waals surface area (Å²) in [5.74, 6) is 0. The molecule has 1 aromatic carbocycles. The number of benzene rings is 1. The lowest BCUT2D eigenvalue weighted by atomic mass is 9.89. The van der Waals surface area contributed by atoms with Gasteiger partial charge < -0.3 is 10.1 Å². The fraction of sp³-hybridized carbons (Fsp3) is 0.538. The summed E-state index contributed by atoms with van der Waals surface area (Å²) in [5, 5.41) is 4.30. The molecule has 88 valence electrons. The Bertz CT molecular complexity index is 374. The summed E-state index contributed by atoms with van der Waals surface area (Å²) < 4.78 is 5.22. The predicted octanol–water partition coefficient (Wildman–Crippen LogP) is 2.77. The molecule has 1 aliphatic rings. The number of nitrogens with one attached hydrogen (secondary N) is 1. The Hall–Kier alpha value is -0.570. The summed E-state index contributed by atoms with van der Waals surface area (Å²) >= 11 is 5.98. The van der Waals surface area contributed by atoms with Crippen LogP contribution in [-0.2, 0) is 11.3 Å². The van der Waals surface area contributed by atoms with E-state index in [-0.39, 0.29) is 0 Å². The smallest absolute Gasteiger partial charge is 0.0554 e. The van der Waals surface area contributed by atoms with Crippen molar-refractivity contribution in [1.29, 1.82) is 0 Å². The SMILES string of the molecule is Cc1cc(CNCC2(C)COC2)ccc1Cl. The van der Waals surface area contributed by atoms with Gasteiger partial charge in [0.15, 0.2) is 0 Å². The summed E-state index contributed by atoms with van der Waals surface area (Å²) in [6.45, 7) is 7.94. The van der Waals surface area contributed by atoms with E-state index in [9.17, 15) is 0 Å². The van der Waals surface area contributed by atoms with Crippen LogP contribution in [-0.4, -0.2) is 19.8 Å². The van der Waals surface area contributed by atoms with Crippen molar-refractivity contribution in [2.45, 2.75) is 20.4 Å². The molecule has 1 aliphatic heterocycles. The van der Waals surface area contributed by atoms with Gasteiger partial charge in [0.25, 0.3) is 0 Å². The van der Waals surface area contributed by atoms with Gasteiger partial charge in [0.2, 0.25) is 0 Å². The average molecular weight is 240 g/mol. The highest BCUT2D eigenvalue weighted by molar-refractivity contribution is 6.31. The van der Waals surface area contributed by atoms with Crippen molar-refractivity contribution >= 4 is 11.6 Å². The summed E-state index contributed by atoms with van der Waals surface area (Å²) in [4.78, 5) is 0. The molecule has 2 rings (SSSR count). The molecule has 0 aromatic heterocycles. The van der Waals surface area contributed by atoms with Crippen molar-refractivity contribution in [3.63, 3.8) is 0 Å². The topological polar surface area (TPSA) is 21.3 Å². The third kappa shape index (κ3) is 2.76. The van der Waals surface area contributed by atoms with E-state index < -0.39 is 0 Å². The molecule has 0 spiro atoms. The lowest BCUT2D eigenvalue weighted by Gasteiger charge is -2.38. The summed E-state index contributed by atoms with van der Waals surface area (Å²) in [6.07, 6.45) is 0.